The van der Waals surface area contributed by atoms with Gasteiger partial charge in [-0.05, 0) is 30.3 Å². The molecule has 0 spiro atoms. The molecule has 1 N–H and O–H groups in total. The first-order chi connectivity index (χ1) is 9.75. The lowest BCUT2D eigenvalue weighted by molar-refractivity contribution is -0.137. The zero-order valence-electron chi connectivity index (χ0n) is 10.4. The van der Waals surface area contributed by atoms with Crippen LogP contribution in [0, 0.1) is 5.82 Å². The SMILES string of the molecule is Fc1cc(Br)ccc1CNc1cc(Br)cc(C(F)(F)F)c1. The van der Waals surface area contributed by atoms with Gasteiger partial charge >= 0.3 is 6.18 Å². The van der Waals surface area contributed by atoms with Crippen molar-refractivity contribution in [1.82, 2.24) is 0 Å². The van der Waals surface area contributed by atoms with Gasteiger partial charge < -0.3 is 5.32 Å². The van der Waals surface area contributed by atoms with Crippen LogP contribution >= 0.6 is 31.9 Å². The lowest BCUT2D eigenvalue weighted by atomic mass is 10.1. The molecule has 7 heteroatoms. The zero-order valence-corrected chi connectivity index (χ0v) is 13.6. The molecule has 0 saturated heterocycles. The molecular formula is C14H9Br2F4N. The molecule has 0 aliphatic carbocycles. The van der Waals surface area contributed by atoms with Crippen molar-refractivity contribution in [3.05, 3.63) is 62.3 Å². The summed E-state index contributed by atoms with van der Waals surface area (Å²) < 4.78 is 52.7. The van der Waals surface area contributed by atoms with Crippen LogP contribution in [-0.2, 0) is 12.7 Å². The molecule has 1 nitrogen and oxygen atoms in total. The predicted octanol–water partition coefficient (Wildman–Crippen LogP) is 5.98. The number of hydrogen-bond acceptors (Lipinski definition) is 1. The van der Waals surface area contributed by atoms with Gasteiger partial charge in [-0.25, -0.2) is 4.39 Å². The van der Waals surface area contributed by atoms with E-state index in [9.17, 15) is 17.6 Å². The Morgan fingerprint density at radius 3 is 2.29 bits per heavy atom. The van der Waals surface area contributed by atoms with E-state index in [-0.39, 0.29) is 12.2 Å². The van der Waals surface area contributed by atoms with E-state index in [4.69, 9.17) is 0 Å². The summed E-state index contributed by atoms with van der Waals surface area (Å²) in [5, 5.41) is 2.79. The lowest BCUT2D eigenvalue weighted by Gasteiger charge is -2.12. The van der Waals surface area contributed by atoms with E-state index < -0.39 is 17.6 Å². The van der Waals surface area contributed by atoms with Crippen molar-refractivity contribution in [3.63, 3.8) is 0 Å². The number of alkyl halides is 3. The largest absolute Gasteiger partial charge is 0.416 e. The van der Waals surface area contributed by atoms with Crippen LogP contribution in [0.25, 0.3) is 0 Å². The van der Waals surface area contributed by atoms with Gasteiger partial charge in [0.05, 0.1) is 5.56 Å². The van der Waals surface area contributed by atoms with Crippen LogP contribution in [-0.4, -0.2) is 0 Å². The monoisotopic (exact) mass is 425 g/mol. The van der Waals surface area contributed by atoms with Gasteiger partial charge in [-0.15, -0.1) is 0 Å². The molecule has 0 atom stereocenters. The number of rotatable bonds is 3. The van der Waals surface area contributed by atoms with E-state index in [1.165, 1.54) is 12.1 Å². The van der Waals surface area contributed by atoms with Gasteiger partial charge in [-0.3, -0.25) is 0 Å². The van der Waals surface area contributed by atoms with E-state index in [2.05, 4.69) is 37.2 Å². The second-order valence-electron chi connectivity index (χ2n) is 4.32. The molecule has 2 aromatic carbocycles. The first-order valence-corrected chi connectivity index (χ1v) is 7.40. The maximum absolute atomic E-state index is 13.6. The third kappa shape index (κ3) is 4.44. The average Bonchev–Trinajstić information content (AvgIpc) is 2.36. The lowest BCUT2D eigenvalue weighted by Crippen LogP contribution is -2.07. The van der Waals surface area contributed by atoms with Crippen LogP contribution in [0.3, 0.4) is 0 Å². The van der Waals surface area contributed by atoms with Gasteiger partial charge in [-0.1, -0.05) is 37.9 Å². The fourth-order valence-electron chi connectivity index (χ4n) is 1.72. The number of anilines is 1. The molecule has 0 unspecified atom stereocenters. The van der Waals surface area contributed by atoms with Crippen LogP contribution in [0.4, 0.5) is 23.2 Å². The highest BCUT2D eigenvalue weighted by atomic mass is 79.9. The Labute approximate surface area is 135 Å². The highest BCUT2D eigenvalue weighted by Crippen LogP contribution is 2.33. The number of nitrogens with one attached hydrogen (secondary N) is 1. The summed E-state index contributed by atoms with van der Waals surface area (Å²) in [5.41, 5.74) is -0.138. The molecule has 0 heterocycles. The molecule has 0 aliphatic rings. The Balaban J connectivity index is 2.18. The zero-order chi connectivity index (χ0) is 15.6. The van der Waals surface area contributed by atoms with E-state index in [1.54, 1.807) is 12.1 Å². The third-order valence-electron chi connectivity index (χ3n) is 2.72. The summed E-state index contributed by atoms with van der Waals surface area (Å²) in [6, 6.07) is 8.02. The molecule has 0 aromatic heterocycles. The highest BCUT2D eigenvalue weighted by Gasteiger charge is 2.31. The van der Waals surface area contributed by atoms with Crippen molar-refractivity contribution in [2.24, 2.45) is 0 Å². The molecule has 0 saturated carbocycles. The maximum Gasteiger partial charge on any atom is 0.416 e. The van der Waals surface area contributed by atoms with Crippen molar-refractivity contribution in [2.45, 2.75) is 12.7 Å². The van der Waals surface area contributed by atoms with Crippen LogP contribution in [0.5, 0.6) is 0 Å². The summed E-state index contributed by atoms with van der Waals surface area (Å²) in [6.45, 7) is 0.0901. The Hall–Kier alpha value is -1.08. The van der Waals surface area contributed by atoms with Crippen LogP contribution in [0.15, 0.2) is 45.3 Å². The van der Waals surface area contributed by atoms with Crippen molar-refractivity contribution in [2.75, 3.05) is 5.32 Å². The van der Waals surface area contributed by atoms with Crippen LogP contribution < -0.4 is 5.32 Å². The highest BCUT2D eigenvalue weighted by molar-refractivity contribution is 9.10. The van der Waals surface area contributed by atoms with E-state index in [1.807, 2.05) is 0 Å². The minimum absolute atomic E-state index is 0.0901. The molecule has 0 aliphatic heterocycles. The molecule has 0 fully saturated rings. The van der Waals surface area contributed by atoms with Crippen LogP contribution in [0.2, 0.25) is 0 Å². The van der Waals surface area contributed by atoms with Crippen molar-refractivity contribution in [3.8, 4) is 0 Å². The molecule has 21 heavy (non-hydrogen) atoms. The molecule has 0 bridgehead atoms. The standard InChI is InChI=1S/C14H9Br2F4N/c15-10-2-1-8(13(17)6-10)7-21-12-4-9(14(18,19)20)3-11(16)5-12/h1-6,21H,7H2. The third-order valence-corrected chi connectivity index (χ3v) is 3.67. The van der Waals surface area contributed by atoms with Crippen molar-refractivity contribution in [1.29, 1.82) is 0 Å². The molecule has 112 valence electrons. The summed E-state index contributed by atoms with van der Waals surface area (Å²) in [6.07, 6.45) is -4.43. The second-order valence-corrected chi connectivity index (χ2v) is 6.15. The minimum Gasteiger partial charge on any atom is -0.381 e. The van der Waals surface area contributed by atoms with Crippen molar-refractivity contribution < 1.29 is 17.6 Å². The first kappa shape index (κ1) is 16.3. The van der Waals surface area contributed by atoms with Gasteiger partial charge in [0.15, 0.2) is 0 Å². The Bertz CT molecular complexity index is 656. The summed E-state index contributed by atoms with van der Waals surface area (Å²) in [5.74, 6) is -0.428. The van der Waals surface area contributed by atoms with Gasteiger partial charge in [0.2, 0.25) is 0 Å². The smallest absolute Gasteiger partial charge is 0.381 e. The molecule has 2 aromatic rings. The van der Waals surface area contributed by atoms with Gasteiger partial charge in [-0.2, -0.15) is 13.2 Å². The van der Waals surface area contributed by atoms with E-state index in [0.29, 0.717) is 14.5 Å². The first-order valence-electron chi connectivity index (χ1n) is 5.81. The minimum atomic E-state index is -4.43. The predicted molar refractivity (Wildman–Crippen MR) is 80.6 cm³/mol. The topological polar surface area (TPSA) is 12.0 Å². The molecule has 2 rings (SSSR count). The Kier molecular flexibility index (Phi) is 4.93. The maximum atomic E-state index is 13.6. The van der Waals surface area contributed by atoms with Gasteiger partial charge in [0, 0.05) is 26.7 Å². The van der Waals surface area contributed by atoms with Gasteiger partial charge in [0.25, 0.3) is 0 Å². The summed E-state index contributed by atoms with van der Waals surface area (Å²) in [4.78, 5) is 0. The fraction of sp³-hybridized carbons (Fsp3) is 0.143. The normalized spacial score (nSPS) is 11.5. The number of hydrogen-bond donors (Lipinski definition) is 1. The molecular weight excluding hydrogens is 418 g/mol. The Morgan fingerprint density at radius 1 is 0.952 bits per heavy atom. The average molecular weight is 427 g/mol. The molecule has 0 amide bonds. The van der Waals surface area contributed by atoms with Gasteiger partial charge in [0.1, 0.15) is 5.82 Å². The summed E-state index contributed by atoms with van der Waals surface area (Å²) >= 11 is 6.18. The van der Waals surface area contributed by atoms with E-state index >= 15 is 0 Å². The van der Waals surface area contributed by atoms with Crippen molar-refractivity contribution >= 4 is 37.5 Å². The second kappa shape index (κ2) is 6.36. The fourth-order valence-corrected chi connectivity index (χ4v) is 2.54. The number of halogens is 6. The quantitative estimate of drug-likeness (QED) is 0.595. The summed E-state index contributed by atoms with van der Waals surface area (Å²) in [7, 11) is 0. The Morgan fingerprint density at radius 2 is 1.67 bits per heavy atom. The van der Waals surface area contributed by atoms with E-state index in [0.717, 1.165) is 12.1 Å². The molecule has 0 radical (unpaired) electrons. The number of benzene rings is 2. The van der Waals surface area contributed by atoms with Crippen LogP contribution in [0.1, 0.15) is 11.1 Å².